The van der Waals surface area contributed by atoms with Crippen LogP contribution in [0.2, 0.25) is 5.02 Å². The normalized spacial score (nSPS) is 11.6. The molecule has 0 fully saturated rings. The quantitative estimate of drug-likeness (QED) is 0.529. The first kappa shape index (κ1) is 23.2. The average molecular weight is 482 g/mol. The van der Waals surface area contributed by atoms with Gasteiger partial charge in [0.25, 0.3) is 5.91 Å². The molecule has 7 heteroatoms. The summed E-state index contributed by atoms with van der Waals surface area (Å²) in [5.41, 5.74) is 0.948. The van der Waals surface area contributed by atoms with E-state index < -0.39 is 6.04 Å². The maximum absolute atomic E-state index is 13.0. The van der Waals surface area contributed by atoms with Gasteiger partial charge in [0.05, 0.1) is 5.02 Å². The third-order valence-corrected chi connectivity index (χ3v) is 5.16. The summed E-state index contributed by atoms with van der Waals surface area (Å²) >= 11 is 9.52. The van der Waals surface area contributed by atoms with Gasteiger partial charge in [0, 0.05) is 17.6 Å². The molecule has 29 heavy (non-hydrogen) atoms. The maximum Gasteiger partial charge on any atom is 0.261 e. The Balaban J connectivity index is 2.17. The number of hydrogen-bond donors (Lipinski definition) is 1. The van der Waals surface area contributed by atoms with E-state index in [1.54, 1.807) is 23.1 Å². The van der Waals surface area contributed by atoms with Crippen LogP contribution in [-0.4, -0.2) is 35.9 Å². The molecule has 1 N–H and O–H groups in total. The first-order valence-electron chi connectivity index (χ1n) is 9.65. The second-order valence-electron chi connectivity index (χ2n) is 6.59. The lowest BCUT2D eigenvalue weighted by atomic mass is 10.1. The number of nitrogens with one attached hydrogen (secondary N) is 1. The molecule has 2 aromatic rings. The van der Waals surface area contributed by atoms with Gasteiger partial charge in [-0.1, -0.05) is 71.7 Å². The van der Waals surface area contributed by atoms with Crippen LogP contribution in [0.15, 0.2) is 53.0 Å². The Hall–Kier alpha value is -2.05. The Morgan fingerprint density at radius 3 is 2.52 bits per heavy atom. The average Bonchev–Trinajstić information content (AvgIpc) is 2.72. The number of nitrogens with zero attached hydrogens (tertiary/aromatic N) is 1. The minimum absolute atomic E-state index is 0.152. The summed E-state index contributed by atoms with van der Waals surface area (Å²) in [4.78, 5) is 27.3. The Morgan fingerprint density at radius 1 is 1.17 bits per heavy atom. The fourth-order valence-corrected chi connectivity index (χ4v) is 3.61. The molecular weight excluding hydrogens is 456 g/mol. The largest absolute Gasteiger partial charge is 0.482 e. The lowest BCUT2D eigenvalue weighted by Crippen LogP contribution is -2.50. The van der Waals surface area contributed by atoms with Crippen LogP contribution in [0.1, 0.15) is 32.3 Å². The number of halogens is 2. The van der Waals surface area contributed by atoms with Gasteiger partial charge >= 0.3 is 0 Å². The van der Waals surface area contributed by atoms with Crippen molar-refractivity contribution in [2.45, 2.75) is 39.3 Å². The van der Waals surface area contributed by atoms with Gasteiger partial charge < -0.3 is 15.0 Å². The molecule has 0 saturated carbocycles. The molecule has 2 rings (SSSR count). The predicted octanol–water partition coefficient (Wildman–Crippen LogP) is 4.81. The Labute approximate surface area is 185 Å². The van der Waals surface area contributed by atoms with E-state index in [2.05, 4.69) is 21.2 Å². The molecule has 0 heterocycles. The molecule has 0 aliphatic heterocycles. The highest BCUT2D eigenvalue weighted by Crippen LogP contribution is 2.27. The molecule has 0 bridgehead atoms. The summed E-state index contributed by atoms with van der Waals surface area (Å²) in [7, 11) is 0. The summed E-state index contributed by atoms with van der Waals surface area (Å²) in [5.74, 6) is -0.00185. The third-order valence-electron chi connectivity index (χ3n) is 4.38. The first-order valence-corrected chi connectivity index (χ1v) is 10.8. The third kappa shape index (κ3) is 7.05. The fraction of sp³-hybridized carbons (Fsp3) is 0.364. The molecule has 0 aliphatic carbocycles. The summed E-state index contributed by atoms with van der Waals surface area (Å²) < 4.78 is 6.48. The van der Waals surface area contributed by atoms with Gasteiger partial charge in [-0.3, -0.25) is 9.59 Å². The standard InChI is InChI=1S/C22H26BrClN2O3/c1-3-12-25-22(28)19(4-2)26(14-16-8-6-5-7-9-16)21(27)15-29-20-11-10-17(23)13-18(20)24/h5-11,13,19H,3-4,12,14-15H2,1-2H3,(H,25,28). The number of hydrogen-bond acceptors (Lipinski definition) is 3. The summed E-state index contributed by atoms with van der Waals surface area (Å²) in [6.07, 6.45) is 1.34. The molecule has 0 aromatic heterocycles. The van der Waals surface area contributed by atoms with Crippen LogP contribution in [0.5, 0.6) is 5.75 Å². The van der Waals surface area contributed by atoms with Crippen LogP contribution < -0.4 is 10.1 Å². The van der Waals surface area contributed by atoms with Crippen molar-refractivity contribution in [1.82, 2.24) is 10.2 Å². The minimum atomic E-state index is -0.571. The van der Waals surface area contributed by atoms with Crippen molar-refractivity contribution >= 4 is 39.3 Å². The lowest BCUT2D eigenvalue weighted by molar-refractivity contribution is -0.143. The highest BCUT2D eigenvalue weighted by atomic mass is 79.9. The SMILES string of the molecule is CCCNC(=O)C(CC)N(Cc1ccccc1)C(=O)COc1ccc(Br)cc1Cl. The number of carbonyl (C=O) groups is 2. The van der Waals surface area contributed by atoms with Crippen LogP contribution in [0.25, 0.3) is 0 Å². The minimum Gasteiger partial charge on any atom is -0.482 e. The highest BCUT2D eigenvalue weighted by molar-refractivity contribution is 9.10. The monoisotopic (exact) mass is 480 g/mol. The summed E-state index contributed by atoms with van der Waals surface area (Å²) in [6.45, 7) is 4.59. The van der Waals surface area contributed by atoms with E-state index in [4.69, 9.17) is 16.3 Å². The number of amides is 2. The van der Waals surface area contributed by atoms with Gasteiger partial charge in [-0.05, 0) is 36.6 Å². The number of rotatable bonds is 10. The van der Waals surface area contributed by atoms with Crippen LogP contribution >= 0.6 is 27.5 Å². The van der Waals surface area contributed by atoms with Gasteiger partial charge in [-0.2, -0.15) is 0 Å². The Bertz CT molecular complexity index is 817. The Morgan fingerprint density at radius 2 is 1.90 bits per heavy atom. The molecule has 5 nitrogen and oxygen atoms in total. The van der Waals surface area contributed by atoms with Gasteiger partial charge in [0.2, 0.25) is 5.91 Å². The zero-order valence-corrected chi connectivity index (χ0v) is 19.0. The van der Waals surface area contributed by atoms with Gasteiger partial charge in [-0.15, -0.1) is 0 Å². The molecule has 1 atom stereocenters. The van der Waals surface area contributed by atoms with E-state index >= 15 is 0 Å². The van der Waals surface area contributed by atoms with E-state index in [9.17, 15) is 9.59 Å². The van der Waals surface area contributed by atoms with Crippen molar-refractivity contribution in [3.63, 3.8) is 0 Å². The molecule has 0 spiro atoms. The lowest BCUT2D eigenvalue weighted by Gasteiger charge is -2.30. The molecule has 156 valence electrons. The smallest absolute Gasteiger partial charge is 0.261 e. The van der Waals surface area contributed by atoms with Crippen molar-refractivity contribution in [1.29, 1.82) is 0 Å². The molecule has 1 unspecified atom stereocenters. The zero-order valence-electron chi connectivity index (χ0n) is 16.7. The number of benzene rings is 2. The van der Waals surface area contributed by atoms with Crippen LogP contribution in [-0.2, 0) is 16.1 Å². The number of carbonyl (C=O) groups excluding carboxylic acids is 2. The second-order valence-corrected chi connectivity index (χ2v) is 7.91. The van der Waals surface area contributed by atoms with E-state index in [-0.39, 0.29) is 18.4 Å². The van der Waals surface area contributed by atoms with Crippen molar-refractivity contribution in [2.75, 3.05) is 13.2 Å². The summed E-state index contributed by atoms with van der Waals surface area (Å²) in [5, 5.41) is 3.31. The second kappa shape index (κ2) is 11.8. The highest BCUT2D eigenvalue weighted by Gasteiger charge is 2.28. The zero-order chi connectivity index (χ0) is 21.2. The molecule has 0 aliphatic rings. The molecule has 2 aromatic carbocycles. The molecule has 0 radical (unpaired) electrons. The van der Waals surface area contributed by atoms with Crippen LogP contribution in [0.3, 0.4) is 0 Å². The van der Waals surface area contributed by atoms with Crippen molar-refractivity contribution < 1.29 is 14.3 Å². The molecular formula is C22H26BrClN2O3. The number of ether oxygens (including phenoxy) is 1. The fourth-order valence-electron chi connectivity index (χ4n) is 2.88. The van der Waals surface area contributed by atoms with E-state index in [1.165, 1.54) is 0 Å². The van der Waals surface area contributed by atoms with E-state index in [1.807, 2.05) is 44.2 Å². The van der Waals surface area contributed by atoms with E-state index in [0.29, 0.717) is 30.3 Å². The molecule has 2 amide bonds. The van der Waals surface area contributed by atoms with Gasteiger partial charge in [-0.25, -0.2) is 0 Å². The van der Waals surface area contributed by atoms with E-state index in [0.717, 1.165) is 16.5 Å². The van der Waals surface area contributed by atoms with Gasteiger partial charge in [0.15, 0.2) is 6.61 Å². The summed E-state index contributed by atoms with van der Waals surface area (Å²) in [6, 6.07) is 14.2. The maximum atomic E-state index is 13.0. The van der Waals surface area contributed by atoms with Crippen LogP contribution in [0.4, 0.5) is 0 Å². The predicted molar refractivity (Wildman–Crippen MR) is 119 cm³/mol. The first-order chi connectivity index (χ1) is 14.0. The van der Waals surface area contributed by atoms with Crippen molar-refractivity contribution in [2.24, 2.45) is 0 Å². The molecule has 0 saturated heterocycles. The van der Waals surface area contributed by atoms with Crippen molar-refractivity contribution in [3.05, 3.63) is 63.6 Å². The van der Waals surface area contributed by atoms with Crippen molar-refractivity contribution in [3.8, 4) is 5.75 Å². The van der Waals surface area contributed by atoms with Gasteiger partial charge in [0.1, 0.15) is 11.8 Å². The Kier molecular flexibility index (Phi) is 9.48. The topological polar surface area (TPSA) is 58.6 Å². The van der Waals surface area contributed by atoms with Crippen LogP contribution in [0, 0.1) is 0 Å².